The Hall–Kier alpha value is -1.79. The van der Waals surface area contributed by atoms with E-state index in [9.17, 15) is 9.59 Å². The number of anilines is 2. The highest BCUT2D eigenvalue weighted by Crippen LogP contribution is 2.31. The zero-order valence-electron chi connectivity index (χ0n) is 16.8. The molecule has 6 nitrogen and oxygen atoms in total. The van der Waals surface area contributed by atoms with Gasteiger partial charge in [0.25, 0.3) is 0 Å². The Morgan fingerprint density at radius 3 is 2.43 bits per heavy atom. The van der Waals surface area contributed by atoms with Gasteiger partial charge in [-0.25, -0.2) is 0 Å². The third-order valence-corrected chi connectivity index (χ3v) is 5.70. The molecule has 2 fully saturated rings. The van der Waals surface area contributed by atoms with E-state index in [4.69, 9.17) is 4.74 Å². The third kappa shape index (κ3) is 5.85. The predicted octanol–water partition coefficient (Wildman–Crippen LogP) is 3.96. The van der Waals surface area contributed by atoms with Gasteiger partial charge < -0.3 is 20.7 Å². The van der Waals surface area contributed by atoms with Crippen molar-refractivity contribution >= 4 is 35.6 Å². The van der Waals surface area contributed by atoms with E-state index in [-0.39, 0.29) is 36.1 Å². The molecule has 156 valence electrons. The van der Waals surface area contributed by atoms with Crippen LogP contribution in [0.15, 0.2) is 18.2 Å². The molecule has 0 unspecified atom stereocenters. The summed E-state index contributed by atoms with van der Waals surface area (Å²) in [6.07, 6.45) is 7.01. The lowest BCUT2D eigenvalue weighted by atomic mass is 9.88. The van der Waals surface area contributed by atoms with Gasteiger partial charge >= 0.3 is 0 Å². The molecule has 0 aromatic heterocycles. The molecule has 1 saturated heterocycles. The third-order valence-electron chi connectivity index (χ3n) is 5.70. The molecule has 1 aliphatic heterocycles. The maximum absolute atomic E-state index is 12.6. The van der Waals surface area contributed by atoms with Gasteiger partial charge in [-0.15, -0.1) is 12.4 Å². The second kappa shape index (κ2) is 10.7. The molecule has 1 saturated carbocycles. The Balaban J connectivity index is 0.00000280. The summed E-state index contributed by atoms with van der Waals surface area (Å²) in [5.41, 5.74) is 1.30. The molecule has 28 heavy (non-hydrogen) atoms. The van der Waals surface area contributed by atoms with Gasteiger partial charge in [0.1, 0.15) is 5.75 Å². The van der Waals surface area contributed by atoms with Crippen LogP contribution in [-0.2, 0) is 9.59 Å². The maximum Gasteiger partial charge on any atom is 0.227 e. The van der Waals surface area contributed by atoms with Crippen molar-refractivity contribution in [2.75, 3.05) is 24.3 Å². The van der Waals surface area contributed by atoms with Crippen molar-refractivity contribution in [1.29, 1.82) is 0 Å². The molecule has 1 aliphatic carbocycles. The minimum absolute atomic E-state index is 0. The molecule has 2 atom stereocenters. The molecular formula is C21H32ClN3O3. The first-order valence-electron chi connectivity index (χ1n) is 10.1. The first kappa shape index (κ1) is 22.5. The van der Waals surface area contributed by atoms with Crippen LogP contribution >= 0.6 is 12.4 Å². The van der Waals surface area contributed by atoms with E-state index in [0.717, 1.165) is 45.1 Å². The summed E-state index contributed by atoms with van der Waals surface area (Å²) < 4.78 is 5.39. The largest absolute Gasteiger partial charge is 0.495 e. The second-order valence-corrected chi connectivity index (χ2v) is 7.80. The van der Waals surface area contributed by atoms with Crippen molar-refractivity contribution in [3.05, 3.63) is 18.2 Å². The van der Waals surface area contributed by atoms with Gasteiger partial charge in [0.2, 0.25) is 11.8 Å². The van der Waals surface area contributed by atoms with E-state index in [1.807, 2.05) is 6.07 Å². The van der Waals surface area contributed by atoms with E-state index >= 15 is 0 Å². The first-order valence-corrected chi connectivity index (χ1v) is 10.1. The van der Waals surface area contributed by atoms with Crippen molar-refractivity contribution in [2.45, 2.75) is 57.9 Å². The van der Waals surface area contributed by atoms with Gasteiger partial charge in [-0.1, -0.05) is 19.3 Å². The van der Waals surface area contributed by atoms with Crippen LogP contribution in [0.3, 0.4) is 0 Å². The fraction of sp³-hybridized carbons (Fsp3) is 0.619. The molecule has 3 rings (SSSR count). The normalized spacial score (nSPS) is 22.6. The molecule has 1 heterocycles. The average molecular weight is 410 g/mol. The standard InChI is InChI=1S/C21H31N3O3.ClH/c1-14-12-16(10-11-22-14)21(26)23-17-8-9-19(27-2)18(13-17)24-20(25)15-6-4-3-5-7-15;/h8-9,13-16,22H,3-7,10-12H2,1-2H3,(H,23,26)(H,24,25);1H/t14-,16-;/m0./s1. The van der Waals surface area contributed by atoms with E-state index in [0.29, 0.717) is 23.2 Å². The molecule has 2 amide bonds. The Morgan fingerprint density at radius 2 is 1.75 bits per heavy atom. The fourth-order valence-electron chi connectivity index (χ4n) is 4.10. The van der Waals surface area contributed by atoms with Crippen molar-refractivity contribution in [3.8, 4) is 5.75 Å². The maximum atomic E-state index is 12.6. The highest BCUT2D eigenvalue weighted by molar-refractivity contribution is 5.97. The summed E-state index contributed by atoms with van der Waals surface area (Å²) in [6.45, 7) is 2.97. The van der Waals surface area contributed by atoms with E-state index in [1.165, 1.54) is 6.42 Å². The lowest BCUT2D eigenvalue weighted by Crippen LogP contribution is -2.40. The molecule has 1 aromatic carbocycles. The molecule has 1 aromatic rings. The summed E-state index contributed by atoms with van der Waals surface area (Å²) in [4.78, 5) is 25.2. The number of amides is 2. The first-order chi connectivity index (χ1) is 13.1. The lowest BCUT2D eigenvalue weighted by Gasteiger charge is -2.27. The fourth-order valence-corrected chi connectivity index (χ4v) is 4.10. The van der Waals surface area contributed by atoms with Crippen LogP contribution in [-0.4, -0.2) is 31.5 Å². The second-order valence-electron chi connectivity index (χ2n) is 7.80. The Kier molecular flexibility index (Phi) is 8.58. The zero-order valence-corrected chi connectivity index (χ0v) is 17.6. The van der Waals surface area contributed by atoms with Crippen LogP contribution in [0, 0.1) is 11.8 Å². The van der Waals surface area contributed by atoms with Crippen molar-refractivity contribution < 1.29 is 14.3 Å². The summed E-state index contributed by atoms with van der Waals surface area (Å²) in [5, 5.41) is 9.37. The van der Waals surface area contributed by atoms with Gasteiger partial charge in [-0.05, 0) is 57.4 Å². The summed E-state index contributed by atoms with van der Waals surface area (Å²) in [6, 6.07) is 5.76. The van der Waals surface area contributed by atoms with Crippen LogP contribution in [0.2, 0.25) is 0 Å². The SMILES string of the molecule is COc1ccc(NC(=O)[C@H]2CCN[C@@H](C)C2)cc1NC(=O)C1CCCCC1.Cl. The quantitative estimate of drug-likeness (QED) is 0.687. The smallest absolute Gasteiger partial charge is 0.227 e. The topological polar surface area (TPSA) is 79.5 Å². The van der Waals surface area contributed by atoms with E-state index in [2.05, 4.69) is 22.9 Å². The number of carbonyl (C=O) groups is 2. The van der Waals surface area contributed by atoms with Crippen LogP contribution in [0.1, 0.15) is 51.9 Å². The minimum Gasteiger partial charge on any atom is -0.495 e. The zero-order chi connectivity index (χ0) is 19.2. The summed E-state index contributed by atoms with van der Waals surface area (Å²) in [5.74, 6) is 0.774. The number of benzene rings is 1. The van der Waals surface area contributed by atoms with Gasteiger partial charge in [0, 0.05) is 23.6 Å². The Labute approximate surface area is 173 Å². The number of methoxy groups -OCH3 is 1. The number of nitrogens with one attached hydrogen (secondary N) is 3. The number of carbonyl (C=O) groups excluding carboxylic acids is 2. The summed E-state index contributed by atoms with van der Waals surface area (Å²) >= 11 is 0. The van der Waals surface area contributed by atoms with E-state index in [1.54, 1.807) is 19.2 Å². The van der Waals surface area contributed by atoms with Crippen molar-refractivity contribution in [1.82, 2.24) is 5.32 Å². The number of piperidine rings is 1. The van der Waals surface area contributed by atoms with Crippen molar-refractivity contribution in [3.63, 3.8) is 0 Å². The molecule has 2 aliphatic rings. The van der Waals surface area contributed by atoms with Crippen LogP contribution in [0.5, 0.6) is 5.75 Å². The molecule has 7 heteroatoms. The highest BCUT2D eigenvalue weighted by atomic mass is 35.5. The van der Waals surface area contributed by atoms with Gasteiger partial charge in [0.05, 0.1) is 12.8 Å². The van der Waals surface area contributed by atoms with Crippen LogP contribution < -0.4 is 20.7 Å². The molecule has 3 N–H and O–H groups in total. The Morgan fingerprint density at radius 1 is 1.04 bits per heavy atom. The van der Waals surface area contributed by atoms with Crippen LogP contribution in [0.25, 0.3) is 0 Å². The average Bonchev–Trinajstić information content (AvgIpc) is 2.69. The monoisotopic (exact) mass is 409 g/mol. The van der Waals surface area contributed by atoms with Crippen molar-refractivity contribution in [2.24, 2.45) is 11.8 Å². The predicted molar refractivity (Wildman–Crippen MR) is 114 cm³/mol. The number of ether oxygens (including phenoxy) is 1. The number of halogens is 1. The molecule has 0 bridgehead atoms. The number of hydrogen-bond donors (Lipinski definition) is 3. The van der Waals surface area contributed by atoms with Gasteiger partial charge in [-0.2, -0.15) is 0 Å². The number of rotatable bonds is 5. The van der Waals surface area contributed by atoms with E-state index < -0.39 is 0 Å². The highest BCUT2D eigenvalue weighted by Gasteiger charge is 2.25. The van der Waals surface area contributed by atoms with Gasteiger partial charge in [-0.3, -0.25) is 9.59 Å². The lowest BCUT2D eigenvalue weighted by molar-refractivity contribution is -0.121. The minimum atomic E-state index is 0. The molecular weight excluding hydrogens is 378 g/mol. The Bertz CT molecular complexity index is 677. The van der Waals surface area contributed by atoms with Gasteiger partial charge in [0.15, 0.2) is 0 Å². The molecule has 0 radical (unpaired) electrons. The number of hydrogen-bond acceptors (Lipinski definition) is 4. The van der Waals surface area contributed by atoms with Crippen LogP contribution in [0.4, 0.5) is 11.4 Å². The summed E-state index contributed by atoms with van der Waals surface area (Å²) in [7, 11) is 1.58. The molecule has 0 spiro atoms.